The van der Waals surface area contributed by atoms with Gasteiger partial charge in [-0.3, -0.25) is 37.3 Å². The van der Waals surface area contributed by atoms with Gasteiger partial charge >= 0.3 is 39.5 Å². The van der Waals surface area contributed by atoms with Crippen LogP contribution in [0.25, 0.3) is 0 Å². The minimum Gasteiger partial charge on any atom is -0.462 e. The maximum atomic E-state index is 13.0. The number of aliphatic hydroxyl groups is 1. The molecule has 3 unspecified atom stereocenters. The molecule has 0 aromatic rings. The molecule has 534 valence electrons. The molecule has 0 aliphatic rings. The van der Waals surface area contributed by atoms with Crippen molar-refractivity contribution < 1.29 is 80.2 Å². The monoisotopic (exact) mass is 1320 g/mol. The number of carbonyl (C=O) groups excluding carboxylic acids is 4. The van der Waals surface area contributed by atoms with E-state index in [-0.39, 0.29) is 25.7 Å². The highest BCUT2D eigenvalue weighted by Gasteiger charge is 2.30. The van der Waals surface area contributed by atoms with Crippen molar-refractivity contribution in [1.29, 1.82) is 0 Å². The molecule has 0 heterocycles. The molecular formula is C71H138O17P2. The number of phosphoric ester groups is 2. The minimum atomic E-state index is -4.95. The Morgan fingerprint density at radius 3 is 0.844 bits per heavy atom. The van der Waals surface area contributed by atoms with E-state index in [1.165, 1.54) is 180 Å². The van der Waals surface area contributed by atoms with Crippen molar-refractivity contribution >= 4 is 39.5 Å². The first-order valence-corrected chi connectivity index (χ1v) is 40.0. The summed E-state index contributed by atoms with van der Waals surface area (Å²) in [6.45, 7) is 9.58. The van der Waals surface area contributed by atoms with Gasteiger partial charge in [0.25, 0.3) is 0 Å². The zero-order valence-corrected chi connectivity index (χ0v) is 60.2. The smallest absolute Gasteiger partial charge is 0.462 e. The van der Waals surface area contributed by atoms with Crippen LogP contribution in [0.3, 0.4) is 0 Å². The Balaban J connectivity index is 5.25. The fourth-order valence-corrected chi connectivity index (χ4v) is 12.3. The van der Waals surface area contributed by atoms with Gasteiger partial charge in [0.2, 0.25) is 0 Å². The lowest BCUT2D eigenvalue weighted by molar-refractivity contribution is -0.161. The van der Waals surface area contributed by atoms with Crippen LogP contribution < -0.4 is 0 Å². The van der Waals surface area contributed by atoms with E-state index in [1.54, 1.807) is 0 Å². The predicted octanol–water partition coefficient (Wildman–Crippen LogP) is 20.4. The van der Waals surface area contributed by atoms with E-state index < -0.39 is 97.5 Å². The number of esters is 4. The molecule has 0 saturated heterocycles. The highest BCUT2D eigenvalue weighted by atomic mass is 31.2. The molecule has 0 aromatic heterocycles. The van der Waals surface area contributed by atoms with E-state index in [0.29, 0.717) is 25.7 Å². The topological polar surface area (TPSA) is 237 Å². The van der Waals surface area contributed by atoms with Crippen molar-refractivity contribution in [3.05, 3.63) is 0 Å². The molecule has 0 amide bonds. The molecule has 0 aromatic carbocycles. The van der Waals surface area contributed by atoms with Gasteiger partial charge in [0.05, 0.1) is 26.4 Å². The predicted molar refractivity (Wildman–Crippen MR) is 363 cm³/mol. The minimum absolute atomic E-state index is 0.107. The lowest BCUT2D eigenvalue weighted by Crippen LogP contribution is -2.30. The second-order valence-electron chi connectivity index (χ2n) is 26.3. The maximum absolute atomic E-state index is 13.0. The van der Waals surface area contributed by atoms with Gasteiger partial charge in [-0.15, -0.1) is 0 Å². The number of hydrogen-bond donors (Lipinski definition) is 3. The highest BCUT2D eigenvalue weighted by Crippen LogP contribution is 2.45. The van der Waals surface area contributed by atoms with Gasteiger partial charge in [-0.25, -0.2) is 9.13 Å². The summed E-state index contributed by atoms with van der Waals surface area (Å²) in [7, 11) is -9.90. The molecule has 0 rings (SSSR count). The molecule has 90 heavy (non-hydrogen) atoms. The molecule has 6 atom stereocenters. The number of phosphoric acid groups is 2. The fourth-order valence-electron chi connectivity index (χ4n) is 10.7. The van der Waals surface area contributed by atoms with Crippen LogP contribution in [0.15, 0.2) is 0 Å². The molecule has 0 aliphatic heterocycles. The van der Waals surface area contributed by atoms with Gasteiger partial charge < -0.3 is 33.8 Å². The number of aliphatic hydroxyl groups excluding tert-OH is 1. The molecule has 19 heteroatoms. The second-order valence-corrected chi connectivity index (χ2v) is 29.3. The third-order valence-corrected chi connectivity index (χ3v) is 18.7. The van der Waals surface area contributed by atoms with Crippen LogP contribution >= 0.6 is 15.6 Å². The normalized spacial score (nSPS) is 14.4. The first-order valence-electron chi connectivity index (χ1n) is 37.0. The van der Waals surface area contributed by atoms with Crippen LogP contribution in [-0.2, 0) is 65.4 Å². The van der Waals surface area contributed by atoms with Crippen LogP contribution in [0.4, 0.5) is 0 Å². The Bertz CT molecular complexity index is 1750. The molecule has 0 spiro atoms. The highest BCUT2D eigenvalue weighted by molar-refractivity contribution is 7.47. The second kappa shape index (κ2) is 63.1. The average molecular weight is 1330 g/mol. The number of unbranched alkanes of at least 4 members (excludes halogenated alkanes) is 39. The summed E-state index contributed by atoms with van der Waals surface area (Å²) < 4.78 is 68.3. The van der Waals surface area contributed by atoms with E-state index in [1.807, 2.05) is 0 Å². The van der Waals surface area contributed by atoms with Gasteiger partial charge in [0.15, 0.2) is 12.2 Å². The van der Waals surface area contributed by atoms with Gasteiger partial charge in [-0.05, 0) is 37.5 Å². The molecule has 0 radical (unpaired) electrons. The van der Waals surface area contributed by atoms with E-state index >= 15 is 0 Å². The van der Waals surface area contributed by atoms with Gasteiger partial charge in [-0.2, -0.15) is 0 Å². The zero-order chi connectivity index (χ0) is 66.5. The van der Waals surface area contributed by atoms with Crippen LogP contribution in [0.5, 0.6) is 0 Å². The fraction of sp³-hybridized carbons (Fsp3) is 0.944. The van der Waals surface area contributed by atoms with Crippen LogP contribution in [0.2, 0.25) is 0 Å². The Kier molecular flexibility index (Phi) is 61.8. The van der Waals surface area contributed by atoms with Crippen molar-refractivity contribution in [2.75, 3.05) is 39.6 Å². The molecule has 0 fully saturated rings. The third kappa shape index (κ3) is 63.5. The molecule has 0 bridgehead atoms. The molecule has 0 aliphatic carbocycles. The quantitative estimate of drug-likeness (QED) is 0.0222. The summed E-state index contributed by atoms with van der Waals surface area (Å²) in [6, 6.07) is 0. The van der Waals surface area contributed by atoms with Crippen LogP contribution in [0, 0.1) is 11.8 Å². The van der Waals surface area contributed by atoms with Crippen LogP contribution in [0.1, 0.15) is 363 Å². The first kappa shape index (κ1) is 88.1. The lowest BCUT2D eigenvalue weighted by atomic mass is 9.99. The Morgan fingerprint density at radius 2 is 0.567 bits per heavy atom. The summed E-state index contributed by atoms with van der Waals surface area (Å²) in [5.41, 5.74) is 0. The third-order valence-electron chi connectivity index (χ3n) is 16.8. The number of carbonyl (C=O) groups is 4. The zero-order valence-electron chi connectivity index (χ0n) is 58.4. The number of ether oxygens (including phenoxy) is 4. The van der Waals surface area contributed by atoms with Crippen molar-refractivity contribution in [1.82, 2.24) is 0 Å². The molecule has 3 N–H and O–H groups in total. The SMILES string of the molecule is CCCCCCCCCCCCCCC(=O)O[C@H](COC(=O)CCCCCCCCCCC)COP(=O)(O)OC[C@H](O)COP(=O)(O)OC[C@@H](COC(=O)CCCCCCCCCCCCC(C)CC)OC(=O)CCCCCCCCCCCCCCC(C)C. The molecule has 17 nitrogen and oxygen atoms in total. The summed E-state index contributed by atoms with van der Waals surface area (Å²) >= 11 is 0. The summed E-state index contributed by atoms with van der Waals surface area (Å²) in [6.07, 6.45) is 48.4. The van der Waals surface area contributed by atoms with Crippen molar-refractivity contribution in [3.8, 4) is 0 Å². The van der Waals surface area contributed by atoms with E-state index in [9.17, 15) is 43.2 Å². The first-order chi connectivity index (χ1) is 43.4. The lowest BCUT2D eigenvalue weighted by Gasteiger charge is -2.21. The average Bonchev–Trinajstić information content (AvgIpc) is 3.57. The van der Waals surface area contributed by atoms with Crippen molar-refractivity contribution in [2.24, 2.45) is 11.8 Å². The van der Waals surface area contributed by atoms with Crippen molar-refractivity contribution in [2.45, 2.75) is 381 Å². The van der Waals surface area contributed by atoms with Crippen molar-refractivity contribution in [3.63, 3.8) is 0 Å². The van der Waals surface area contributed by atoms with E-state index in [2.05, 4.69) is 41.5 Å². The Morgan fingerprint density at radius 1 is 0.322 bits per heavy atom. The van der Waals surface area contributed by atoms with Crippen LogP contribution in [-0.4, -0.2) is 96.7 Å². The van der Waals surface area contributed by atoms with Gasteiger partial charge in [-0.1, -0.05) is 311 Å². The molecule has 0 saturated carbocycles. The molecular weight excluding hydrogens is 1190 g/mol. The largest absolute Gasteiger partial charge is 0.472 e. The maximum Gasteiger partial charge on any atom is 0.472 e. The standard InChI is InChI=1S/C71H138O17P2/c1-7-10-12-14-16-18-19-23-31-37-43-49-55-70(75)87-66(59-81-68(73)53-47-41-35-27-17-15-13-11-8-2)61-85-89(77,78)83-57-65(72)58-84-90(79,80)86-62-67(60-82-69(74)54-48-42-36-30-26-25-29-34-40-46-52-64(6)9-3)88-71(76)56-50-44-38-32-24-21-20-22-28-33-39-45-51-63(4)5/h63-67,72H,7-62H2,1-6H3,(H,77,78)(H,79,80)/t64?,65-,66+,67+/m0/s1. The Hall–Kier alpha value is -1.94. The van der Waals surface area contributed by atoms with Gasteiger partial charge in [0, 0.05) is 25.7 Å². The number of rotatable bonds is 70. The summed E-state index contributed by atoms with van der Waals surface area (Å²) in [4.78, 5) is 72.6. The van der Waals surface area contributed by atoms with Gasteiger partial charge in [0.1, 0.15) is 19.3 Å². The van der Waals surface area contributed by atoms with E-state index in [0.717, 1.165) is 102 Å². The number of hydrogen-bond acceptors (Lipinski definition) is 15. The van der Waals surface area contributed by atoms with E-state index in [4.69, 9.17) is 37.0 Å². The summed E-state index contributed by atoms with van der Waals surface area (Å²) in [5, 5.41) is 10.6. The Labute approximate surface area is 549 Å². The summed E-state index contributed by atoms with van der Waals surface area (Å²) in [5.74, 6) is -0.536.